The molecule has 0 saturated heterocycles. The zero-order valence-electron chi connectivity index (χ0n) is 10.5. The molecule has 1 amide bonds. The van der Waals surface area contributed by atoms with E-state index in [1.807, 2.05) is 25.7 Å². The zero-order valence-corrected chi connectivity index (χ0v) is 10.5. The van der Waals surface area contributed by atoms with E-state index in [9.17, 15) is 4.79 Å². The highest BCUT2D eigenvalue weighted by Crippen LogP contribution is 2.12. The molecule has 15 heavy (non-hydrogen) atoms. The molecule has 0 bridgehead atoms. The van der Waals surface area contributed by atoms with E-state index in [0.717, 1.165) is 13.0 Å². The molecular weight excluding hydrogens is 188 g/mol. The van der Waals surface area contributed by atoms with E-state index in [-0.39, 0.29) is 11.4 Å². The summed E-state index contributed by atoms with van der Waals surface area (Å²) < 4.78 is 0. The molecule has 0 unspecified atom stereocenters. The third-order valence-corrected chi connectivity index (χ3v) is 2.13. The highest BCUT2D eigenvalue weighted by Gasteiger charge is 2.24. The lowest BCUT2D eigenvalue weighted by Gasteiger charge is -2.35. The van der Waals surface area contributed by atoms with Crippen LogP contribution in [0.15, 0.2) is 12.7 Å². The van der Waals surface area contributed by atoms with Crippen LogP contribution in [-0.2, 0) is 4.79 Å². The van der Waals surface area contributed by atoms with E-state index in [0.29, 0.717) is 13.1 Å². The van der Waals surface area contributed by atoms with Gasteiger partial charge < -0.3 is 10.2 Å². The van der Waals surface area contributed by atoms with Crippen LogP contribution < -0.4 is 5.32 Å². The van der Waals surface area contributed by atoms with Gasteiger partial charge in [0.15, 0.2) is 0 Å². The molecular formula is C12H24N2O. The van der Waals surface area contributed by atoms with Crippen molar-refractivity contribution in [1.82, 2.24) is 10.2 Å². The Morgan fingerprint density at radius 3 is 2.47 bits per heavy atom. The van der Waals surface area contributed by atoms with Crippen molar-refractivity contribution >= 4 is 5.91 Å². The molecule has 0 spiro atoms. The summed E-state index contributed by atoms with van der Waals surface area (Å²) in [4.78, 5) is 13.7. The van der Waals surface area contributed by atoms with Gasteiger partial charge in [-0.05, 0) is 33.7 Å². The second kappa shape index (κ2) is 6.62. The van der Waals surface area contributed by atoms with Crippen molar-refractivity contribution in [3.63, 3.8) is 0 Å². The van der Waals surface area contributed by atoms with Crippen molar-refractivity contribution in [2.24, 2.45) is 0 Å². The molecule has 88 valence electrons. The first-order valence-electron chi connectivity index (χ1n) is 5.55. The fourth-order valence-corrected chi connectivity index (χ4v) is 1.35. The predicted octanol–water partition coefficient (Wildman–Crippen LogP) is 1.80. The van der Waals surface area contributed by atoms with Crippen LogP contribution in [0.5, 0.6) is 0 Å². The molecule has 0 saturated carbocycles. The fourth-order valence-electron chi connectivity index (χ4n) is 1.35. The molecule has 0 aromatic carbocycles. The van der Waals surface area contributed by atoms with E-state index in [2.05, 4.69) is 18.8 Å². The first-order valence-corrected chi connectivity index (χ1v) is 5.55. The Balaban J connectivity index is 4.23. The molecule has 3 nitrogen and oxygen atoms in total. The smallest absolute Gasteiger partial charge is 0.237 e. The maximum absolute atomic E-state index is 11.9. The van der Waals surface area contributed by atoms with Crippen molar-refractivity contribution in [2.45, 2.75) is 39.7 Å². The van der Waals surface area contributed by atoms with E-state index in [1.165, 1.54) is 0 Å². The van der Waals surface area contributed by atoms with Crippen LogP contribution in [0, 0.1) is 0 Å². The van der Waals surface area contributed by atoms with E-state index >= 15 is 0 Å². The summed E-state index contributed by atoms with van der Waals surface area (Å²) in [5, 5.41) is 3.12. The minimum atomic E-state index is -0.140. The first kappa shape index (κ1) is 14.2. The van der Waals surface area contributed by atoms with Crippen LogP contribution in [-0.4, -0.2) is 36.0 Å². The molecule has 0 aliphatic heterocycles. The van der Waals surface area contributed by atoms with E-state index in [4.69, 9.17) is 0 Å². The molecule has 0 heterocycles. The van der Waals surface area contributed by atoms with Crippen LogP contribution in [0.25, 0.3) is 0 Å². The van der Waals surface area contributed by atoms with E-state index in [1.54, 1.807) is 6.08 Å². The standard InChI is InChI=1S/C12H24N2O/c1-6-8-13-10-11(15)14(9-7-2)12(3,4)5/h7,13H,2,6,8-10H2,1,3-5H3. The van der Waals surface area contributed by atoms with E-state index < -0.39 is 0 Å². The summed E-state index contributed by atoms with van der Waals surface area (Å²) in [7, 11) is 0. The lowest BCUT2D eigenvalue weighted by Crippen LogP contribution is -2.49. The third-order valence-electron chi connectivity index (χ3n) is 2.13. The van der Waals surface area contributed by atoms with Gasteiger partial charge in [-0.2, -0.15) is 0 Å². The average molecular weight is 212 g/mol. The Morgan fingerprint density at radius 1 is 1.47 bits per heavy atom. The highest BCUT2D eigenvalue weighted by molar-refractivity contribution is 5.79. The summed E-state index contributed by atoms with van der Waals surface area (Å²) in [6, 6.07) is 0. The van der Waals surface area contributed by atoms with Crippen LogP contribution in [0.4, 0.5) is 0 Å². The van der Waals surface area contributed by atoms with Crippen LogP contribution in [0.1, 0.15) is 34.1 Å². The van der Waals surface area contributed by atoms with Gasteiger partial charge in [0.05, 0.1) is 6.54 Å². The van der Waals surface area contributed by atoms with Gasteiger partial charge in [0.2, 0.25) is 5.91 Å². The Morgan fingerprint density at radius 2 is 2.07 bits per heavy atom. The SMILES string of the molecule is C=CCN(C(=O)CNCCC)C(C)(C)C. The predicted molar refractivity (Wildman–Crippen MR) is 64.8 cm³/mol. The quantitative estimate of drug-likeness (QED) is 0.538. The number of nitrogens with one attached hydrogen (secondary N) is 1. The van der Waals surface area contributed by atoms with Crippen molar-refractivity contribution in [3.05, 3.63) is 12.7 Å². The number of rotatable bonds is 6. The van der Waals surface area contributed by atoms with Gasteiger partial charge in [0.25, 0.3) is 0 Å². The summed E-state index contributed by atoms with van der Waals surface area (Å²) in [5.41, 5.74) is -0.140. The number of nitrogens with zero attached hydrogens (tertiary/aromatic N) is 1. The molecule has 0 aromatic heterocycles. The third kappa shape index (κ3) is 5.57. The van der Waals surface area contributed by atoms with Gasteiger partial charge in [0.1, 0.15) is 0 Å². The number of hydrogen-bond donors (Lipinski definition) is 1. The maximum atomic E-state index is 11.9. The fraction of sp³-hybridized carbons (Fsp3) is 0.750. The van der Waals surface area contributed by atoms with Gasteiger partial charge in [-0.15, -0.1) is 6.58 Å². The molecule has 3 heteroatoms. The lowest BCUT2D eigenvalue weighted by atomic mass is 10.1. The molecule has 0 fully saturated rings. The Labute approximate surface area is 93.5 Å². The van der Waals surface area contributed by atoms with Crippen molar-refractivity contribution in [3.8, 4) is 0 Å². The molecule has 0 atom stereocenters. The Kier molecular flexibility index (Phi) is 6.25. The normalized spacial score (nSPS) is 11.2. The minimum Gasteiger partial charge on any atom is -0.333 e. The van der Waals surface area contributed by atoms with Crippen molar-refractivity contribution in [1.29, 1.82) is 0 Å². The Bertz CT molecular complexity index is 206. The second-order valence-corrected chi connectivity index (χ2v) is 4.64. The highest BCUT2D eigenvalue weighted by atomic mass is 16.2. The number of amides is 1. The number of carbonyl (C=O) groups excluding carboxylic acids is 1. The van der Waals surface area contributed by atoms with Gasteiger partial charge in [-0.25, -0.2) is 0 Å². The second-order valence-electron chi connectivity index (χ2n) is 4.64. The summed E-state index contributed by atoms with van der Waals surface area (Å²) in [5.74, 6) is 0.135. The number of carbonyl (C=O) groups is 1. The molecule has 0 aliphatic carbocycles. The lowest BCUT2D eigenvalue weighted by molar-refractivity contribution is -0.134. The van der Waals surface area contributed by atoms with Crippen LogP contribution >= 0.6 is 0 Å². The Hall–Kier alpha value is -0.830. The largest absolute Gasteiger partial charge is 0.333 e. The number of hydrogen-bond acceptors (Lipinski definition) is 2. The van der Waals surface area contributed by atoms with Gasteiger partial charge in [-0.1, -0.05) is 13.0 Å². The van der Waals surface area contributed by atoms with Gasteiger partial charge >= 0.3 is 0 Å². The monoisotopic (exact) mass is 212 g/mol. The minimum absolute atomic E-state index is 0.135. The summed E-state index contributed by atoms with van der Waals surface area (Å²) in [6.07, 6.45) is 2.81. The molecule has 0 rings (SSSR count). The van der Waals surface area contributed by atoms with Crippen LogP contribution in [0.2, 0.25) is 0 Å². The summed E-state index contributed by atoms with van der Waals surface area (Å²) >= 11 is 0. The average Bonchev–Trinajstić information content (AvgIpc) is 2.12. The molecule has 0 aliphatic rings. The van der Waals surface area contributed by atoms with Gasteiger partial charge in [0, 0.05) is 12.1 Å². The summed E-state index contributed by atoms with van der Waals surface area (Å²) in [6.45, 7) is 13.8. The van der Waals surface area contributed by atoms with Crippen molar-refractivity contribution < 1.29 is 4.79 Å². The molecule has 1 N–H and O–H groups in total. The van der Waals surface area contributed by atoms with Crippen LogP contribution in [0.3, 0.4) is 0 Å². The van der Waals surface area contributed by atoms with Crippen molar-refractivity contribution in [2.75, 3.05) is 19.6 Å². The zero-order chi connectivity index (χ0) is 11.9. The molecule has 0 radical (unpaired) electrons. The topological polar surface area (TPSA) is 32.3 Å². The molecule has 0 aromatic rings. The first-order chi connectivity index (χ1) is 6.93. The maximum Gasteiger partial charge on any atom is 0.237 e. The van der Waals surface area contributed by atoms with Gasteiger partial charge in [-0.3, -0.25) is 4.79 Å².